The van der Waals surface area contributed by atoms with Crippen molar-refractivity contribution in [2.45, 2.75) is 6.61 Å². The lowest BCUT2D eigenvalue weighted by Gasteiger charge is -2.04. The minimum Gasteiger partial charge on any atom is -0.497 e. The van der Waals surface area contributed by atoms with Crippen molar-refractivity contribution in [3.05, 3.63) is 41.4 Å². The van der Waals surface area contributed by atoms with Crippen molar-refractivity contribution in [2.75, 3.05) is 13.7 Å². The maximum Gasteiger partial charge on any atom is 0.118 e. The Hall–Kier alpha value is -0.990. The van der Waals surface area contributed by atoms with E-state index >= 15 is 0 Å². The molecule has 0 spiro atoms. The molecule has 1 aromatic rings. The van der Waals surface area contributed by atoms with E-state index in [9.17, 15) is 0 Å². The molecule has 0 aliphatic heterocycles. The van der Waals surface area contributed by atoms with Crippen molar-refractivity contribution in [1.82, 2.24) is 0 Å². The van der Waals surface area contributed by atoms with Crippen molar-refractivity contribution in [1.29, 1.82) is 0 Å². The molecule has 0 N–H and O–H groups in total. The summed E-state index contributed by atoms with van der Waals surface area (Å²) in [5.74, 6) is 0.843. The van der Waals surface area contributed by atoms with Crippen LogP contribution in [0.15, 0.2) is 35.9 Å². The molecule has 0 bridgehead atoms. The number of halogens is 1. The Morgan fingerprint density at radius 2 is 2.00 bits per heavy atom. The maximum absolute atomic E-state index is 5.55. The van der Waals surface area contributed by atoms with Crippen LogP contribution in [0, 0.1) is 0 Å². The molecule has 0 amide bonds. The van der Waals surface area contributed by atoms with Gasteiger partial charge < -0.3 is 9.47 Å². The standard InChI is InChI=1S/C11H13ClO2/c1-9(12)7-14-8-10-3-5-11(13-2)6-4-10/h3-6H,1,7-8H2,2H3. The Kier molecular flexibility index (Phi) is 4.50. The third-order valence-corrected chi connectivity index (χ3v) is 1.80. The van der Waals surface area contributed by atoms with Gasteiger partial charge in [-0.3, -0.25) is 0 Å². The molecule has 14 heavy (non-hydrogen) atoms. The van der Waals surface area contributed by atoms with E-state index in [2.05, 4.69) is 6.58 Å². The fourth-order valence-electron chi connectivity index (χ4n) is 1.00. The van der Waals surface area contributed by atoms with E-state index in [-0.39, 0.29) is 0 Å². The number of benzene rings is 1. The van der Waals surface area contributed by atoms with Gasteiger partial charge in [0.05, 0.1) is 20.3 Å². The van der Waals surface area contributed by atoms with Crippen LogP contribution in [0.25, 0.3) is 0 Å². The van der Waals surface area contributed by atoms with Gasteiger partial charge in [-0.2, -0.15) is 0 Å². The minimum absolute atomic E-state index is 0.383. The van der Waals surface area contributed by atoms with E-state index in [4.69, 9.17) is 21.1 Å². The molecule has 0 fully saturated rings. The van der Waals surface area contributed by atoms with Crippen LogP contribution in [0.3, 0.4) is 0 Å². The summed E-state index contributed by atoms with van der Waals surface area (Å²) in [6.07, 6.45) is 0. The van der Waals surface area contributed by atoms with Crippen molar-refractivity contribution < 1.29 is 9.47 Å². The number of rotatable bonds is 5. The molecule has 0 aliphatic rings. The quantitative estimate of drug-likeness (QED) is 0.747. The van der Waals surface area contributed by atoms with Crippen LogP contribution >= 0.6 is 11.6 Å². The molecule has 2 nitrogen and oxygen atoms in total. The molecule has 0 aliphatic carbocycles. The molecule has 0 saturated carbocycles. The fraction of sp³-hybridized carbons (Fsp3) is 0.273. The van der Waals surface area contributed by atoms with E-state index in [0.29, 0.717) is 18.2 Å². The van der Waals surface area contributed by atoms with E-state index in [0.717, 1.165) is 11.3 Å². The lowest BCUT2D eigenvalue weighted by atomic mass is 10.2. The zero-order valence-electron chi connectivity index (χ0n) is 8.13. The van der Waals surface area contributed by atoms with Crippen LogP contribution in [0.5, 0.6) is 5.75 Å². The zero-order chi connectivity index (χ0) is 10.4. The summed E-state index contributed by atoms with van der Waals surface area (Å²) in [7, 11) is 1.64. The topological polar surface area (TPSA) is 18.5 Å². The van der Waals surface area contributed by atoms with Crippen LogP contribution < -0.4 is 4.74 Å². The Labute approximate surface area is 89.1 Å². The highest BCUT2D eigenvalue weighted by molar-refractivity contribution is 6.29. The van der Waals surface area contributed by atoms with Crippen molar-refractivity contribution in [2.24, 2.45) is 0 Å². The van der Waals surface area contributed by atoms with Crippen molar-refractivity contribution in [3.63, 3.8) is 0 Å². The van der Waals surface area contributed by atoms with Gasteiger partial charge in [-0.05, 0) is 17.7 Å². The van der Waals surface area contributed by atoms with Crippen LogP contribution in [0.4, 0.5) is 0 Å². The second-order valence-electron chi connectivity index (χ2n) is 2.86. The van der Waals surface area contributed by atoms with Gasteiger partial charge in [0.2, 0.25) is 0 Å². The highest BCUT2D eigenvalue weighted by atomic mass is 35.5. The molecule has 0 radical (unpaired) electrons. The summed E-state index contributed by atoms with van der Waals surface area (Å²) in [6, 6.07) is 7.70. The van der Waals surface area contributed by atoms with Gasteiger partial charge in [-0.25, -0.2) is 0 Å². The Morgan fingerprint density at radius 3 is 2.50 bits per heavy atom. The van der Waals surface area contributed by atoms with Gasteiger partial charge in [-0.1, -0.05) is 30.3 Å². The lowest BCUT2D eigenvalue weighted by molar-refractivity contribution is 0.146. The average Bonchev–Trinajstić information content (AvgIpc) is 2.18. The number of ether oxygens (including phenoxy) is 2. The minimum atomic E-state index is 0.383. The molecule has 0 aromatic heterocycles. The molecule has 0 heterocycles. The predicted molar refractivity (Wildman–Crippen MR) is 57.6 cm³/mol. The van der Waals surface area contributed by atoms with Gasteiger partial charge in [0.25, 0.3) is 0 Å². The van der Waals surface area contributed by atoms with E-state index < -0.39 is 0 Å². The zero-order valence-corrected chi connectivity index (χ0v) is 8.88. The Morgan fingerprint density at radius 1 is 1.36 bits per heavy atom. The van der Waals surface area contributed by atoms with Gasteiger partial charge in [0, 0.05) is 5.03 Å². The molecule has 1 rings (SSSR count). The normalized spacial score (nSPS) is 9.86. The van der Waals surface area contributed by atoms with Gasteiger partial charge in [0.15, 0.2) is 0 Å². The molecule has 0 saturated heterocycles. The second-order valence-corrected chi connectivity index (χ2v) is 3.39. The van der Waals surface area contributed by atoms with Crippen LogP contribution in [-0.4, -0.2) is 13.7 Å². The largest absolute Gasteiger partial charge is 0.497 e. The first kappa shape index (κ1) is 11.1. The monoisotopic (exact) mass is 212 g/mol. The SMILES string of the molecule is C=C(Cl)COCc1ccc(OC)cc1. The fourth-order valence-corrected chi connectivity index (χ4v) is 1.08. The lowest BCUT2D eigenvalue weighted by Crippen LogP contribution is -1.94. The van der Waals surface area contributed by atoms with E-state index in [1.807, 2.05) is 24.3 Å². The highest BCUT2D eigenvalue weighted by Gasteiger charge is 1.95. The number of hydrogen-bond donors (Lipinski definition) is 0. The van der Waals surface area contributed by atoms with Crippen LogP contribution in [0.1, 0.15) is 5.56 Å². The van der Waals surface area contributed by atoms with Crippen LogP contribution in [0.2, 0.25) is 0 Å². The molecule has 76 valence electrons. The van der Waals surface area contributed by atoms with Crippen LogP contribution in [-0.2, 0) is 11.3 Å². The second kappa shape index (κ2) is 5.68. The smallest absolute Gasteiger partial charge is 0.118 e. The van der Waals surface area contributed by atoms with E-state index in [1.165, 1.54) is 0 Å². The Bertz CT molecular complexity index is 293. The molecular formula is C11H13ClO2. The average molecular weight is 213 g/mol. The van der Waals surface area contributed by atoms with Gasteiger partial charge in [-0.15, -0.1) is 0 Å². The van der Waals surface area contributed by atoms with E-state index in [1.54, 1.807) is 7.11 Å². The summed E-state index contributed by atoms with van der Waals surface area (Å²) >= 11 is 5.55. The molecule has 0 unspecified atom stereocenters. The highest BCUT2D eigenvalue weighted by Crippen LogP contribution is 2.12. The predicted octanol–water partition coefficient (Wildman–Crippen LogP) is 2.96. The first-order valence-electron chi connectivity index (χ1n) is 4.26. The molecule has 3 heteroatoms. The summed E-state index contributed by atoms with van der Waals surface area (Å²) in [5.41, 5.74) is 1.09. The first-order chi connectivity index (χ1) is 6.72. The summed E-state index contributed by atoms with van der Waals surface area (Å²) in [6.45, 7) is 4.45. The number of hydrogen-bond acceptors (Lipinski definition) is 2. The van der Waals surface area contributed by atoms with Gasteiger partial charge >= 0.3 is 0 Å². The third-order valence-electron chi connectivity index (χ3n) is 1.69. The maximum atomic E-state index is 5.55. The van der Waals surface area contributed by atoms with Crippen molar-refractivity contribution in [3.8, 4) is 5.75 Å². The third kappa shape index (κ3) is 3.81. The first-order valence-corrected chi connectivity index (χ1v) is 4.64. The summed E-state index contributed by atoms with van der Waals surface area (Å²) < 4.78 is 10.3. The summed E-state index contributed by atoms with van der Waals surface area (Å²) in [5, 5.41) is 0.513. The molecule has 0 atom stereocenters. The number of methoxy groups -OCH3 is 1. The molecule has 1 aromatic carbocycles. The molecular weight excluding hydrogens is 200 g/mol. The van der Waals surface area contributed by atoms with Crippen molar-refractivity contribution >= 4 is 11.6 Å². The van der Waals surface area contributed by atoms with Gasteiger partial charge in [0.1, 0.15) is 5.75 Å². The Balaban J connectivity index is 2.40. The summed E-state index contributed by atoms with van der Waals surface area (Å²) in [4.78, 5) is 0.